The topological polar surface area (TPSA) is 133 Å². The average molecular weight is 614 g/mol. The number of rotatable bonds is 13. The van der Waals surface area contributed by atoms with Gasteiger partial charge in [-0.25, -0.2) is 5.43 Å². The van der Waals surface area contributed by atoms with Gasteiger partial charge in [0, 0.05) is 24.5 Å². The standard InChI is InChI=1S/C35H43N5O5/c1-5-7-15-32(41)38-31(19-25-12-9-8-10-13-25)33(42)37-23(3)34(43)40-18-11-14-30(39-40)35(44)45-24(4)26-16-17-27-22-36-29(6-2)21-28(27)20-26/h5-10,12-13,16-17,20-24,30-32,38-39,41H,2,11,14-15,18-19H2,1,3-4H3,(H,37,42)/b7-5+/t23-,24+,30-,31?,32?/m0/s1. The number of ether oxygens (including phenoxy) is 1. The van der Waals surface area contributed by atoms with E-state index >= 15 is 0 Å². The van der Waals surface area contributed by atoms with Gasteiger partial charge >= 0.3 is 5.97 Å². The van der Waals surface area contributed by atoms with E-state index in [1.165, 1.54) is 5.01 Å². The summed E-state index contributed by atoms with van der Waals surface area (Å²) in [4.78, 5) is 44.2. The number of esters is 1. The largest absolute Gasteiger partial charge is 0.457 e. The second kappa shape index (κ2) is 16.1. The number of nitrogens with zero attached hydrogens (tertiary/aromatic N) is 2. The monoisotopic (exact) mass is 613 g/mol. The number of pyridine rings is 1. The maximum atomic E-state index is 13.4. The van der Waals surface area contributed by atoms with Crippen molar-refractivity contribution in [3.8, 4) is 0 Å². The van der Waals surface area contributed by atoms with Crippen molar-refractivity contribution in [2.24, 2.45) is 0 Å². The first-order valence-corrected chi connectivity index (χ1v) is 15.4. The second-order valence-electron chi connectivity index (χ2n) is 11.3. The Hall–Kier alpha value is -4.38. The van der Waals surface area contributed by atoms with Crippen molar-refractivity contribution in [3.63, 3.8) is 0 Å². The van der Waals surface area contributed by atoms with Gasteiger partial charge in [0.2, 0.25) is 5.91 Å². The van der Waals surface area contributed by atoms with Crippen LogP contribution in [0.25, 0.3) is 16.8 Å². The highest BCUT2D eigenvalue weighted by atomic mass is 16.5. The molecule has 1 aliphatic rings. The van der Waals surface area contributed by atoms with E-state index in [-0.39, 0.29) is 5.91 Å². The molecule has 45 heavy (non-hydrogen) atoms. The number of hydrazine groups is 1. The molecule has 2 aromatic carbocycles. The highest BCUT2D eigenvalue weighted by molar-refractivity contribution is 5.90. The maximum absolute atomic E-state index is 13.4. The quantitative estimate of drug-likeness (QED) is 0.129. The molecule has 5 atom stereocenters. The SMILES string of the molecule is C=Cc1cc2cc([C@@H](C)OC(=O)[C@@H]3CCCN(C(=O)[C@H](C)NC(=O)C(Cc4ccccc4)NC(O)C/C=C/C)N3)ccc2cn1. The molecule has 1 saturated heterocycles. The zero-order valence-electron chi connectivity index (χ0n) is 26.1. The van der Waals surface area contributed by atoms with Crippen LogP contribution in [0, 0.1) is 0 Å². The Morgan fingerprint density at radius 2 is 1.93 bits per heavy atom. The Labute approximate surface area is 264 Å². The van der Waals surface area contributed by atoms with Crippen LogP contribution in [0.1, 0.15) is 63.0 Å². The second-order valence-corrected chi connectivity index (χ2v) is 11.3. The first kappa shape index (κ1) is 33.5. The molecule has 4 N–H and O–H groups in total. The molecule has 0 aliphatic carbocycles. The molecule has 238 valence electrons. The van der Waals surface area contributed by atoms with Gasteiger partial charge in [-0.05, 0) is 74.8 Å². The predicted molar refractivity (Wildman–Crippen MR) is 174 cm³/mol. The summed E-state index contributed by atoms with van der Waals surface area (Å²) in [5.41, 5.74) is 5.52. The van der Waals surface area contributed by atoms with Crippen LogP contribution in [0.2, 0.25) is 0 Å². The molecule has 2 heterocycles. The number of carbonyl (C=O) groups is 3. The van der Waals surface area contributed by atoms with Gasteiger partial charge in [0.25, 0.3) is 5.91 Å². The van der Waals surface area contributed by atoms with Crippen molar-refractivity contribution >= 4 is 34.6 Å². The molecular weight excluding hydrogens is 570 g/mol. The summed E-state index contributed by atoms with van der Waals surface area (Å²) in [5, 5.41) is 19.5. The van der Waals surface area contributed by atoms with Gasteiger partial charge in [0.15, 0.2) is 0 Å². The third-order valence-electron chi connectivity index (χ3n) is 7.79. The Morgan fingerprint density at radius 1 is 1.16 bits per heavy atom. The summed E-state index contributed by atoms with van der Waals surface area (Å²) in [6, 6.07) is 14.9. The van der Waals surface area contributed by atoms with E-state index in [4.69, 9.17) is 4.74 Å². The third-order valence-corrected chi connectivity index (χ3v) is 7.79. The van der Waals surface area contributed by atoms with E-state index in [0.29, 0.717) is 32.2 Å². The molecule has 10 heteroatoms. The van der Waals surface area contributed by atoms with Crippen molar-refractivity contribution in [3.05, 3.63) is 96.3 Å². The number of amides is 2. The van der Waals surface area contributed by atoms with E-state index in [1.807, 2.05) is 80.6 Å². The number of aromatic nitrogens is 1. The first-order chi connectivity index (χ1) is 21.7. The zero-order chi connectivity index (χ0) is 32.3. The predicted octanol–water partition coefficient (Wildman–Crippen LogP) is 3.97. The minimum absolute atomic E-state index is 0.331. The average Bonchev–Trinajstić information content (AvgIpc) is 3.06. The summed E-state index contributed by atoms with van der Waals surface area (Å²) in [7, 11) is 0. The van der Waals surface area contributed by atoms with E-state index in [0.717, 1.165) is 27.6 Å². The number of fused-ring (bicyclic) bond motifs is 1. The molecule has 3 aromatic rings. The molecule has 0 saturated carbocycles. The number of hydrogen-bond donors (Lipinski definition) is 4. The van der Waals surface area contributed by atoms with E-state index in [9.17, 15) is 19.5 Å². The van der Waals surface area contributed by atoms with Gasteiger partial charge in [-0.15, -0.1) is 0 Å². The number of allylic oxidation sites excluding steroid dienone is 1. The fourth-order valence-corrected chi connectivity index (χ4v) is 5.23. The Morgan fingerprint density at radius 3 is 2.67 bits per heavy atom. The van der Waals surface area contributed by atoms with Crippen molar-refractivity contribution in [1.29, 1.82) is 0 Å². The van der Waals surface area contributed by atoms with Crippen molar-refractivity contribution in [2.75, 3.05) is 6.54 Å². The third kappa shape index (κ3) is 9.31. The molecule has 2 amide bonds. The van der Waals surface area contributed by atoms with Crippen LogP contribution in [0.4, 0.5) is 0 Å². The van der Waals surface area contributed by atoms with Gasteiger partial charge in [0.05, 0.1) is 11.7 Å². The molecule has 0 radical (unpaired) electrons. The van der Waals surface area contributed by atoms with E-state index in [1.54, 1.807) is 19.2 Å². The van der Waals surface area contributed by atoms with E-state index in [2.05, 4.69) is 27.6 Å². The molecule has 2 unspecified atom stereocenters. The molecule has 1 fully saturated rings. The van der Waals surface area contributed by atoms with Gasteiger partial charge in [-0.1, -0.05) is 61.2 Å². The van der Waals surface area contributed by atoms with Crippen molar-refractivity contribution in [1.82, 2.24) is 26.1 Å². The summed E-state index contributed by atoms with van der Waals surface area (Å²) in [5.74, 6) is -1.24. The normalized spacial score (nSPS) is 17.8. The number of nitrogens with one attached hydrogen (secondary N) is 3. The zero-order valence-corrected chi connectivity index (χ0v) is 26.1. The lowest BCUT2D eigenvalue weighted by molar-refractivity contribution is -0.157. The van der Waals surface area contributed by atoms with Crippen LogP contribution < -0.4 is 16.1 Å². The maximum Gasteiger partial charge on any atom is 0.325 e. The van der Waals surface area contributed by atoms with Gasteiger partial charge in [0.1, 0.15) is 24.4 Å². The van der Waals surface area contributed by atoms with Crippen LogP contribution in [0.15, 0.2) is 79.5 Å². The van der Waals surface area contributed by atoms with Crippen LogP contribution in [-0.2, 0) is 25.5 Å². The Kier molecular flexibility index (Phi) is 12.0. The molecular formula is C35H43N5O5. The summed E-state index contributed by atoms with van der Waals surface area (Å²) in [6.07, 6.45) is 7.43. The number of aliphatic hydroxyl groups is 1. The van der Waals surface area contributed by atoms with Crippen LogP contribution in [0.5, 0.6) is 0 Å². The lowest BCUT2D eigenvalue weighted by Crippen LogP contribution is -2.60. The summed E-state index contributed by atoms with van der Waals surface area (Å²) in [6.45, 7) is 9.43. The van der Waals surface area contributed by atoms with Gasteiger partial charge in [-0.2, -0.15) is 0 Å². The lowest BCUT2D eigenvalue weighted by Gasteiger charge is -2.35. The first-order valence-electron chi connectivity index (χ1n) is 15.4. The number of carbonyl (C=O) groups excluding carboxylic acids is 3. The van der Waals surface area contributed by atoms with Crippen LogP contribution in [0.3, 0.4) is 0 Å². The van der Waals surface area contributed by atoms with Crippen LogP contribution in [-0.4, -0.2) is 63.8 Å². The molecule has 10 nitrogen and oxygen atoms in total. The molecule has 1 aromatic heterocycles. The van der Waals surface area contributed by atoms with Gasteiger partial charge < -0.3 is 15.2 Å². The number of benzene rings is 2. The summed E-state index contributed by atoms with van der Waals surface area (Å²) < 4.78 is 5.81. The Balaban J connectivity index is 1.35. The molecule has 4 rings (SSSR count). The van der Waals surface area contributed by atoms with Crippen molar-refractivity contribution < 1.29 is 24.2 Å². The highest BCUT2D eigenvalue weighted by Gasteiger charge is 2.33. The van der Waals surface area contributed by atoms with E-state index < -0.39 is 42.3 Å². The van der Waals surface area contributed by atoms with Crippen LogP contribution >= 0.6 is 0 Å². The molecule has 0 spiro atoms. The Bertz CT molecular complexity index is 1510. The molecule has 0 bridgehead atoms. The minimum Gasteiger partial charge on any atom is -0.457 e. The molecule has 1 aliphatic heterocycles. The summed E-state index contributed by atoms with van der Waals surface area (Å²) >= 11 is 0. The number of aliphatic hydroxyl groups excluding tert-OH is 1. The highest BCUT2D eigenvalue weighted by Crippen LogP contribution is 2.24. The van der Waals surface area contributed by atoms with Gasteiger partial charge in [-0.3, -0.25) is 29.7 Å². The minimum atomic E-state index is -0.930. The fourth-order valence-electron chi connectivity index (χ4n) is 5.23. The van der Waals surface area contributed by atoms with Crippen molar-refractivity contribution in [2.45, 2.75) is 76.9 Å². The smallest absolute Gasteiger partial charge is 0.325 e. The number of hydrogen-bond acceptors (Lipinski definition) is 8. The fraction of sp³-hybridized carbons (Fsp3) is 0.371. The lowest BCUT2D eigenvalue weighted by atomic mass is 10.0.